The average molecular weight is 386 g/mol. The number of carbonyl (C=O) groups excluding carboxylic acids is 1. The minimum absolute atomic E-state index is 0.0358. The molecule has 0 spiro atoms. The summed E-state index contributed by atoms with van der Waals surface area (Å²) >= 11 is 8.53. The summed E-state index contributed by atoms with van der Waals surface area (Å²) in [6.07, 6.45) is 4.94. The van der Waals surface area contributed by atoms with Crippen molar-refractivity contribution in [2.45, 2.75) is 0 Å². The van der Waals surface area contributed by atoms with Crippen LogP contribution in [0, 0.1) is 0 Å². The van der Waals surface area contributed by atoms with E-state index in [-0.39, 0.29) is 5.91 Å². The summed E-state index contributed by atoms with van der Waals surface area (Å²) in [6.45, 7) is 2.68. The van der Waals surface area contributed by atoms with Gasteiger partial charge in [0, 0.05) is 56.4 Å². The first-order valence-electron chi connectivity index (χ1n) is 7.40. The predicted octanol–water partition coefficient (Wildman–Crippen LogP) is 2.15. The van der Waals surface area contributed by atoms with E-state index < -0.39 is 0 Å². The second kappa shape index (κ2) is 9.97. The molecule has 0 radical (unpaired) electrons. The summed E-state index contributed by atoms with van der Waals surface area (Å²) < 4.78 is 8.31. The normalized spacial score (nSPS) is 13.7. The van der Waals surface area contributed by atoms with Crippen molar-refractivity contribution in [1.82, 2.24) is 19.9 Å². The Labute approximate surface area is 155 Å². The van der Waals surface area contributed by atoms with Gasteiger partial charge in [0.05, 0.1) is 30.8 Å². The maximum Gasteiger partial charge on any atom is 0.254 e. The standard InChI is InChI=1S/C15H17N5O2.Cl2O/c1-22-13-4-7-17-15(18-13)20-10-8-19(9-11-20)14(21)12-2-5-16-6-3-12;1-3-2/h2-7H,8-11H2,1H3;. The van der Waals surface area contributed by atoms with Gasteiger partial charge in [-0.3, -0.25) is 9.78 Å². The van der Waals surface area contributed by atoms with E-state index in [2.05, 4.69) is 47.4 Å². The van der Waals surface area contributed by atoms with Gasteiger partial charge in [0.25, 0.3) is 5.91 Å². The molecule has 0 unspecified atom stereocenters. The fourth-order valence-corrected chi connectivity index (χ4v) is 2.39. The highest BCUT2D eigenvalue weighted by atomic mass is 35.6. The number of amides is 1. The third-order valence-corrected chi connectivity index (χ3v) is 3.60. The van der Waals surface area contributed by atoms with Crippen molar-refractivity contribution in [3.63, 3.8) is 0 Å². The molecule has 2 aromatic rings. The fourth-order valence-electron chi connectivity index (χ4n) is 2.39. The number of nitrogens with zero attached hydrogens (tertiary/aromatic N) is 5. The summed E-state index contributed by atoms with van der Waals surface area (Å²) in [5.41, 5.74) is 0.668. The van der Waals surface area contributed by atoms with E-state index in [9.17, 15) is 4.79 Å². The van der Waals surface area contributed by atoms with E-state index >= 15 is 0 Å². The van der Waals surface area contributed by atoms with Gasteiger partial charge < -0.3 is 14.5 Å². The van der Waals surface area contributed by atoms with Crippen LogP contribution in [0.5, 0.6) is 5.88 Å². The number of ether oxygens (including phenoxy) is 1. The van der Waals surface area contributed by atoms with Gasteiger partial charge in [0.15, 0.2) is 0 Å². The highest BCUT2D eigenvalue weighted by Gasteiger charge is 2.23. The maximum absolute atomic E-state index is 12.4. The molecule has 3 heterocycles. The monoisotopic (exact) mass is 385 g/mol. The van der Waals surface area contributed by atoms with Crippen LogP contribution in [0.15, 0.2) is 36.8 Å². The predicted molar refractivity (Wildman–Crippen MR) is 93.7 cm³/mol. The SMILES string of the molecule is COc1ccnc(N2CCN(C(=O)c3ccncc3)CC2)n1.ClOCl. The van der Waals surface area contributed by atoms with Gasteiger partial charge in [-0.1, -0.05) is 0 Å². The smallest absolute Gasteiger partial charge is 0.254 e. The largest absolute Gasteiger partial charge is 0.481 e. The molecule has 1 aliphatic heterocycles. The molecular formula is C15H17Cl2N5O3. The lowest BCUT2D eigenvalue weighted by atomic mass is 10.2. The Hall–Kier alpha value is -2.16. The number of hydrogen-bond donors (Lipinski definition) is 0. The third kappa shape index (κ3) is 5.42. The molecule has 2 aromatic heterocycles. The number of piperazine rings is 1. The first kappa shape index (κ1) is 19.2. The zero-order valence-electron chi connectivity index (χ0n) is 13.5. The highest BCUT2D eigenvalue weighted by Crippen LogP contribution is 2.15. The first-order chi connectivity index (χ1) is 12.2. The Bertz CT molecular complexity index is 669. The lowest BCUT2D eigenvalue weighted by Gasteiger charge is -2.34. The molecule has 25 heavy (non-hydrogen) atoms. The molecule has 10 heteroatoms. The molecule has 3 rings (SSSR count). The topological polar surface area (TPSA) is 80.7 Å². The zero-order valence-corrected chi connectivity index (χ0v) is 15.0. The second-order valence-corrected chi connectivity index (χ2v) is 5.44. The minimum atomic E-state index is 0.0358. The number of aromatic nitrogens is 3. The maximum atomic E-state index is 12.4. The Kier molecular flexibility index (Phi) is 7.65. The summed E-state index contributed by atoms with van der Waals surface area (Å²) in [5, 5.41) is 0. The van der Waals surface area contributed by atoms with E-state index in [1.54, 1.807) is 43.9 Å². The average Bonchev–Trinajstić information content (AvgIpc) is 2.69. The molecule has 0 aliphatic carbocycles. The van der Waals surface area contributed by atoms with Crippen molar-refractivity contribution in [2.75, 3.05) is 38.2 Å². The van der Waals surface area contributed by atoms with E-state index in [0.717, 1.165) is 0 Å². The lowest BCUT2D eigenvalue weighted by molar-refractivity contribution is 0.0746. The Balaban J connectivity index is 0.000000701. The first-order valence-corrected chi connectivity index (χ1v) is 8.02. The molecule has 0 atom stereocenters. The Morgan fingerprint density at radius 2 is 1.72 bits per heavy atom. The van der Waals surface area contributed by atoms with Gasteiger partial charge in [0.2, 0.25) is 11.8 Å². The molecule has 1 aliphatic rings. The molecular weight excluding hydrogens is 369 g/mol. The van der Waals surface area contributed by atoms with Crippen molar-refractivity contribution >= 4 is 35.6 Å². The van der Waals surface area contributed by atoms with E-state index in [1.165, 1.54) is 0 Å². The minimum Gasteiger partial charge on any atom is -0.481 e. The van der Waals surface area contributed by atoms with Crippen molar-refractivity contribution in [3.05, 3.63) is 42.4 Å². The lowest BCUT2D eigenvalue weighted by Crippen LogP contribution is -2.49. The molecule has 1 fully saturated rings. The van der Waals surface area contributed by atoms with Crippen molar-refractivity contribution < 1.29 is 13.4 Å². The third-order valence-electron chi connectivity index (χ3n) is 3.60. The summed E-state index contributed by atoms with van der Waals surface area (Å²) in [6, 6.07) is 5.19. The van der Waals surface area contributed by atoms with Crippen LogP contribution >= 0.6 is 23.7 Å². The van der Waals surface area contributed by atoms with Crippen molar-refractivity contribution in [1.29, 1.82) is 0 Å². The zero-order chi connectivity index (χ0) is 18.1. The molecule has 1 saturated heterocycles. The van der Waals surface area contributed by atoms with E-state index in [0.29, 0.717) is 43.6 Å². The molecule has 8 nitrogen and oxygen atoms in total. The Morgan fingerprint density at radius 3 is 2.32 bits per heavy atom. The van der Waals surface area contributed by atoms with Gasteiger partial charge in [-0.25, -0.2) is 4.98 Å². The van der Waals surface area contributed by atoms with Crippen LogP contribution in [0.25, 0.3) is 0 Å². The van der Waals surface area contributed by atoms with Crippen LogP contribution < -0.4 is 9.64 Å². The van der Waals surface area contributed by atoms with Crippen LogP contribution in [0.2, 0.25) is 0 Å². The van der Waals surface area contributed by atoms with Crippen LogP contribution in [-0.4, -0.2) is 59.0 Å². The number of hydrogen-bond acceptors (Lipinski definition) is 7. The van der Waals surface area contributed by atoms with E-state index in [1.807, 2.05) is 4.90 Å². The fraction of sp³-hybridized carbons (Fsp3) is 0.333. The number of anilines is 1. The van der Waals surface area contributed by atoms with Crippen molar-refractivity contribution in [3.8, 4) is 5.88 Å². The summed E-state index contributed by atoms with van der Waals surface area (Å²) in [7, 11) is 1.58. The number of methoxy groups -OCH3 is 1. The van der Waals surface area contributed by atoms with E-state index in [4.69, 9.17) is 4.74 Å². The van der Waals surface area contributed by atoms with Gasteiger partial charge in [-0.2, -0.15) is 8.83 Å². The molecule has 1 amide bonds. The number of pyridine rings is 1. The highest BCUT2D eigenvalue weighted by molar-refractivity contribution is 6.24. The van der Waals surface area contributed by atoms with Gasteiger partial charge in [-0.15, -0.1) is 0 Å². The van der Waals surface area contributed by atoms with Gasteiger partial charge in [0.1, 0.15) is 0 Å². The number of rotatable bonds is 3. The summed E-state index contributed by atoms with van der Waals surface area (Å²) in [5.74, 6) is 1.21. The molecule has 0 bridgehead atoms. The van der Waals surface area contributed by atoms with Gasteiger partial charge >= 0.3 is 0 Å². The van der Waals surface area contributed by atoms with Crippen LogP contribution in [-0.2, 0) is 3.84 Å². The van der Waals surface area contributed by atoms with Crippen LogP contribution in [0.4, 0.5) is 5.95 Å². The van der Waals surface area contributed by atoms with Crippen molar-refractivity contribution in [2.24, 2.45) is 0 Å². The molecule has 0 saturated carbocycles. The van der Waals surface area contributed by atoms with Crippen LogP contribution in [0.3, 0.4) is 0 Å². The van der Waals surface area contributed by atoms with Gasteiger partial charge in [-0.05, 0) is 12.1 Å². The number of halogens is 2. The molecule has 0 aromatic carbocycles. The number of carbonyl (C=O) groups is 1. The molecule has 134 valence electrons. The molecule has 0 N–H and O–H groups in total. The van der Waals surface area contributed by atoms with Crippen LogP contribution in [0.1, 0.15) is 10.4 Å². The summed E-state index contributed by atoms with van der Waals surface area (Å²) in [4.78, 5) is 28.8. The second-order valence-electron chi connectivity index (χ2n) is 4.97. The Morgan fingerprint density at radius 1 is 1.08 bits per heavy atom. The quantitative estimate of drug-likeness (QED) is 0.800.